The van der Waals surface area contributed by atoms with E-state index in [1.54, 1.807) is 6.07 Å². The van der Waals surface area contributed by atoms with Gasteiger partial charge in [0.25, 0.3) is 0 Å². The smallest absolute Gasteiger partial charge is 0.454 e. The van der Waals surface area contributed by atoms with Crippen molar-refractivity contribution in [3.63, 3.8) is 0 Å². The fraction of sp³-hybridized carbons (Fsp3) is 0.235. The molecule has 0 saturated heterocycles. The number of fused-ring (bicyclic) bond motifs is 1. The Morgan fingerprint density at radius 1 is 1.15 bits per heavy atom. The summed E-state index contributed by atoms with van der Waals surface area (Å²) >= 11 is 0. The second-order valence-corrected chi connectivity index (χ2v) is 5.37. The predicted octanol–water partition coefficient (Wildman–Crippen LogP) is 3.90. The number of ether oxygens (including phenoxy) is 3. The van der Waals surface area contributed by atoms with Crippen LogP contribution in [0.3, 0.4) is 0 Å². The van der Waals surface area contributed by atoms with E-state index in [-0.39, 0.29) is 48.2 Å². The lowest BCUT2D eigenvalue weighted by atomic mass is 10.1. The number of rotatable bonds is 5. The van der Waals surface area contributed by atoms with E-state index in [1.165, 1.54) is 18.2 Å². The topological polar surface area (TPSA) is 78.1 Å². The van der Waals surface area contributed by atoms with Crippen LogP contribution in [-0.4, -0.2) is 25.7 Å². The summed E-state index contributed by atoms with van der Waals surface area (Å²) in [6, 6.07) is 11.2. The fourth-order valence-corrected chi connectivity index (χ4v) is 2.36. The van der Waals surface area contributed by atoms with E-state index in [9.17, 15) is 13.2 Å². The number of hydrogen-bond acceptors (Lipinski definition) is 4. The van der Waals surface area contributed by atoms with Crippen LogP contribution < -0.4 is 25.3 Å². The largest absolute Gasteiger partial charge is 0.573 e. The van der Waals surface area contributed by atoms with Gasteiger partial charge in [-0.1, -0.05) is 18.2 Å². The van der Waals surface area contributed by atoms with Crippen LogP contribution in [0.25, 0.3) is 0 Å². The van der Waals surface area contributed by atoms with Crippen LogP contribution in [0.5, 0.6) is 17.2 Å². The van der Waals surface area contributed by atoms with Crippen molar-refractivity contribution in [1.82, 2.24) is 0 Å². The summed E-state index contributed by atoms with van der Waals surface area (Å²) in [4.78, 5) is 4.12. The number of hydrogen-bond donors (Lipinski definition) is 2. The number of alkyl halides is 3. The minimum absolute atomic E-state index is 0. The highest BCUT2D eigenvalue weighted by Gasteiger charge is 2.32. The molecule has 0 spiro atoms. The normalized spacial score (nSPS) is 13.1. The molecule has 0 amide bonds. The third kappa shape index (κ3) is 6.08. The number of anilines is 1. The van der Waals surface area contributed by atoms with Crippen molar-refractivity contribution in [1.29, 1.82) is 0 Å². The fourth-order valence-electron chi connectivity index (χ4n) is 2.36. The summed E-state index contributed by atoms with van der Waals surface area (Å²) in [5, 5.41) is 2.62. The Morgan fingerprint density at radius 3 is 2.67 bits per heavy atom. The van der Waals surface area contributed by atoms with Crippen LogP contribution in [0.15, 0.2) is 47.5 Å². The first kappa shape index (κ1) is 20.9. The van der Waals surface area contributed by atoms with E-state index in [2.05, 4.69) is 15.0 Å². The van der Waals surface area contributed by atoms with Gasteiger partial charge in [-0.25, -0.2) is 0 Å². The number of guanidine groups is 1. The zero-order chi connectivity index (χ0) is 18.6. The van der Waals surface area contributed by atoms with Crippen LogP contribution >= 0.6 is 24.0 Å². The van der Waals surface area contributed by atoms with Gasteiger partial charge in [-0.15, -0.1) is 37.1 Å². The van der Waals surface area contributed by atoms with Crippen molar-refractivity contribution in [2.24, 2.45) is 10.7 Å². The molecule has 1 aliphatic rings. The maximum atomic E-state index is 12.4. The molecule has 0 radical (unpaired) electrons. The Balaban J connectivity index is 0.00000261. The lowest BCUT2D eigenvalue weighted by Crippen LogP contribution is -2.24. The van der Waals surface area contributed by atoms with Crippen molar-refractivity contribution in [2.75, 3.05) is 18.7 Å². The molecule has 0 aliphatic carbocycles. The lowest BCUT2D eigenvalue weighted by Gasteiger charge is -2.14. The number of para-hydroxylation sites is 2. The van der Waals surface area contributed by atoms with Gasteiger partial charge < -0.3 is 25.3 Å². The van der Waals surface area contributed by atoms with Gasteiger partial charge in [-0.3, -0.25) is 4.99 Å². The van der Waals surface area contributed by atoms with E-state index in [0.29, 0.717) is 24.5 Å². The molecule has 10 heteroatoms. The molecule has 3 rings (SSSR count). The first-order valence-electron chi connectivity index (χ1n) is 7.71. The predicted molar refractivity (Wildman–Crippen MR) is 105 cm³/mol. The average molecular weight is 495 g/mol. The molecule has 0 saturated carbocycles. The number of aliphatic imine (C=N–C) groups is 1. The molecule has 27 heavy (non-hydrogen) atoms. The molecular formula is C17H17F3IN3O3. The van der Waals surface area contributed by atoms with Crippen LogP contribution in [-0.2, 0) is 6.42 Å². The maximum Gasteiger partial charge on any atom is 0.573 e. The molecule has 2 aromatic carbocycles. The highest BCUT2D eigenvalue weighted by Crippen LogP contribution is 2.32. The Hall–Kier alpha value is -2.37. The van der Waals surface area contributed by atoms with Crippen molar-refractivity contribution in [3.8, 4) is 17.2 Å². The molecule has 0 unspecified atom stereocenters. The molecule has 0 bridgehead atoms. The zero-order valence-electron chi connectivity index (χ0n) is 14.0. The van der Waals surface area contributed by atoms with E-state index in [0.717, 1.165) is 5.56 Å². The molecule has 0 aromatic heterocycles. The minimum atomic E-state index is -4.79. The number of nitrogens with zero attached hydrogens (tertiary/aromatic N) is 1. The molecule has 6 nitrogen and oxygen atoms in total. The number of benzene rings is 2. The number of halogens is 4. The Bertz CT molecular complexity index is 815. The summed E-state index contributed by atoms with van der Waals surface area (Å²) in [5.41, 5.74) is 6.81. The van der Waals surface area contributed by atoms with Crippen LogP contribution in [0.2, 0.25) is 0 Å². The van der Waals surface area contributed by atoms with Gasteiger partial charge in [-0.05, 0) is 36.2 Å². The Kier molecular flexibility index (Phi) is 6.99. The zero-order valence-corrected chi connectivity index (χ0v) is 16.3. The minimum Gasteiger partial charge on any atom is -0.454 e. The molecule has 2 aromatic rings. The second-order valence-electron chi connectivity index (χ2n) is 5.37. The molecule has 1 heterocycles. The number of nitrogens with two attached hydrogens (primary N) is 1. The Morgan fingerprint density at radius 2 is 1.89 bits per heavy atom. The van der Waals surface area contributed by atoms with Gasteiger partial charge >= 0.3 is 6.36 Å². The lowest BCUT2D eigenvalue weighted by molar-refractivity contribution is -0.274. The first-order chi connectivity index (χ1) is 12.4. The molecule has 146 valence electrons. The molecule has 3 N–H and O–H groups in total. The van der Waals surface area contributed by atoms with Gasteiger partial charge in [0.15, 0.2) is 23.2 Å². The molecule has 1 aliphatic heterocycles. The maximum absolute atomic E-state index is 12.4. The molecular weight excluding hydrogens is 478 g/mol. The third-order valence-corrected chi connectivity index (χ3v) is 3.50. The highest BCUT2D eigenvalue weighted by molar-refractivity contribution is 14.0. The SMILES string of the molecule is I.NC(=NCCc1ccc2c(c1)OCO2)Nc1ccccc1OC(F)(F)F. The van der Waals surface area contributed by atoms with E-state index in [1.807, 2.05) is 18.2 Å². The van der Waals surface area contributed by atoms with Gasteiger partial charge in [0.2, 0.25) is 6.79 Å². The van der Waals surface area contributed by atoms with Gasteiger partial charge in [0.05, 0.1) is 5.69 Å². The first-order valence-corrected chi connectivity index (χ1v) is 7.71. The summed E-state index contributed by atoms with van der Waals surface area (Å²) in [6.45, 7) is 0.550. The van der Waals surface area contributed by atoms with Crippen LogP contribution in [0.4, 0.5) is 18.9 Å². The summed E-state index contributed by atoms with van der Waals surface area (Å²) in [6.07, 6.45) is -4.21. The van der Waals surface area contributed by atoms with E-state index < -0.39 is 6.36 Å². The van der Waals surface area contributed by atoms with Crippen molar-refractivity contribution in [3.05, 3.63) is 48.0 Å². The van der Waals surface area contributed by atoms with Gasteiger partial charge in [0, 0.05) is 6.54 Å². The number of nitrogens with one attached hydrogen (secondary N) is 1. The van der Waals surface area contributed by atoms with Crippen molar-refractivity contribution >= 4 is 35.6 Å². The standard InChI is InChI=1S/C17H16F3N3O3.HI/c18-17(19,20)26-13-4-2-1-3-12(13)23-16(21)22-8-7-11-5-6-14-15(9-11)25-10-24-14;/h1-6,9H,7-8,10H2,(H3,21,22,23);1H. The molecule has 0 atom stereocenters. The van der Waals surface area contributed by atoms with Crippen LogP contribution in [0.1, 0.15) is 5.56 Å². The summed E-state index contributed by atoms with van der Waals surface area (Å²) in [7, 11) is 0. The third-order valence-electron chi connectivity index (χ3n) is 3.50. The van der Waals surface area contributed by atoms with Crippen molar-refractivity contribution in [2.45, 2.75) is 12.8 Å². The monoisotopic (exact) mass is 495 g/mol. The van der Waals surface area contributed by atoms with Crippen LogP contribution in [0, 0.1) is 0 Å². The van der Waals surface area contributed by atoms with Gasteiger partial charge in [-0.2, -0.15) is 0 Å². The molecule has 0 fully saturated rings. The van der Waals surface area contributed by atoms with Crippen molar-refractivity contribution < 1.29 is 27.4 Å². The van der Waals surface area contributed by atoms with E-state index >= 15 is 0 Å². The van der Waals surface area contributed by atoms with Gasteiger partial charge in [0.1, 0.15) is 0 Å². The average Bonchev–Trinajstić information content (AvgIpc) is 3.03. The quantitative estimate of drug-likeness (QED) is 0.374. The summed E-state index contributed by atoms with van der Waals surface area (Å²) < 4.78 is 51.7. The van der Waals surface area contributed by atoms with E-state index in [4.69, 9.17) is 15.2 Å². The highest BCUT2D eigenvalue weighted by atomic mass is 127. The Labute approximate surface area is 170 Å². The second kappa shape index (κ2) is 9.02. The summed E-state index contributed by atoms with van der Waals surface area (Å²) in [5.74, 6) is 0.980.